The molecule has 0 unspecified atom stereocenters. The fraction of sp³-hybridized carbons (Fsp3) is 0.273. The number of hydrogen-bond donors (Lipinski definition) is 1. The molecule has 1 aromatic carbocycles. The Morgan fingerprint density at radius 2 is 2.11 bits per heavy atom. The lowest BCUT2D eigenvalue weighted by atomic mass is 10.2. The number of rotatable bonds is 5. The number of nitrogens with one attached hydrogen (secondary N) is 1. The van der Waals surface area contributed by atoms with Crippen molar-refractivity contribution in [2.24, 2.45) is 0 Å². The van der Waals surface area contributed by atoms with Crippen LogP contribution in [0.2, 0.25) is 5.15 Å². The van der Waals surface area contributed by atoms with Gasteiger partial charge in [-0.3, -0.25) is 0 Å². The number of aromatic nitrogens is 2. The van der Waals surface area contributed by atoms with E-state index in [0.717, 1.165) is 28.8 Å². The Morgan fingerprint density at radius 3 is 2.72 bits per heavy atom. The number of methoxy groups -OCH3 is 2. The van der Waals surface area contributed by atoms with E-state index in [2.05, 4.69) is 14.1 Å². The first kappa shape index (κ1) is 12.9. The van der Waals surface area contributed by atoms with Gasteiger partial charge in [0.05, 0.1) is 25.9 Å². The third kappa shape index (κ3) is 2.83. The van der Waals surface area contributed by atoms with Crippen LogP contribution < -0.4 is 14.8 Å². The molecule has 5 nitrogen and oxygen atoms in total. The number of halogens is 1. The highest BCUT2D eigenvalue weighted by Gasteiger charge is 2.08. The largest absolute Gasteiger partial charge is 0.497 e. The predicted octanol–water partition coefficient (Wildman–Crippen LogP) is 2.82. The molecule has 0 aliphatic rings. The summed E-state index contributed by atoms with van der Waals surface area (Å²) < 4.78 is 18.4. The monoisotopic (exact) mass is 285 g/mol. The summed E-state index contributed by atoms with van der Waals surface area (Å²) in [6.45, 7) is 0.554. The van der Waals surface area contributed by atoms with Crippen LogP contribution in [-0.2, 0) is 6.54 Å². The van der Waals surface area contributed by atoms with E-state index in [0.29, 0.717) is 17.5 Å². The van der Waals surface area contributed by atoms with E-state index in [1.54, 1.807) is 14.2 Å². The van der Waals surface area contributed by atoms with Crippen LogP contribution in [0.5, 0.6) is 11.5 Å². The van der Waals surface area contributed by atoms with Crippen molar-refractivity contribution < 1.29 is 9.47 Å². The summed E-state index contributed by atoms with van der Waals surface area (Å²) in [5.41, 5.74) is 0.988. The number of hydrogen-bond acceptors (Lipinski definition) is 6. The maximum absolute atomic E-state index is 5.85. The van der Waals surface area contributed by atoms with Gasteiger partial charge in [0.1, 0.15) is 11.5 Å². The van der Waals surface area contributed by atoms with Crippen molar-refractivity contribution in [3.63, 3.8) is 0 Å². The van der Waals surface area contributed by atoms with Gasteiger partial charge in [0.25, 0.3) is 0 Å². The van der Waals surface area contributed by atoms with Gasteiger partial charge < -0.3 is 14.8 Å². The molecule has 1 aromatic heterocycles. The molecule has 0 aliphatic heterocycles. The van der Waals surface area contributed by atoms with E-state index in [9.17, 15) is 0 Å². The second kappa shape index (κ2) is 5.88. The Hall–Kier alpha value is -1.53. The van der Waals surface area contributed by atoms with Crippen molar-refractivity contribution >= 4 is 29.1 Å². The average molecular weight is 286 g/mol. The number of nitrogens with zero attached hydrogens (tertiary/aromatic N) is 2. The van der Waals surface area contributed by atoms with Crippen LogP contribution in [0.25, 0.3) is 0 Å². The van der Waals surface area contributed by atoms with Crippen molar-refractivity contribution in [2.75, 3.05) is 19.5 Å². The van der Waals surface area contributed by atoms with Gasteiger partial charge in [-0.25, -0.2) is 0 Å². The smallest absolute Gasteiger partial charge is 0.186 e. The van der Waals surface area contributed by atoms with Gasteiger partial charge in [0.2, 0.25) is 0 Å². The summed E-state index contributed by atoms with van der Waals surface area (Å²) in [5, 5.41) is 3.49. The zero-order chi connectivity index (χ0) is 13.0. The van der Waals surface area contributed by atoms with Crippen LogP contribution in [0.1, 0.15) is 5.56 Å². The quantitative estimate of drug-likeness (QED) is 0.915. The molecule has 0 bridgehead atoms. The predicted molar refractivity (Wildman–Crippen MR) is 71.8 cm³/mol. The highest BCUT2D eigenvalue weighted by atomic mass is 35.5. The standard InChI is InChI=1S/C11H12ClN3O2S/c1-16-8-4-3-7(9(5-8)17-2)6-13-11-10(12)14-18-15-11/h3-5H,6H2,1-2H3,(H,13,15). The lowest BCUT2D eigenvalue weighted by Gasteiger charge is -2.10. The van der Waals surface area contributed by atoms with Crippen LogP contribution in [0.4, 0.5) is 5.82 Å². The highest BCUT2D eigenvalue weighted by molar-refractivity contribution is 6.99. The zero-order valence-corrected chi connectivity index (χ0v) is 11.5. The first-order chi connectivity index (χ1) is 8.74. The topological polar surface area (TPSA) is 56.3 Å². The first-order valence-electron chi connectivity index (χ1n) is 5.17. The summed E-state index contributed by atoms with van der Waals surface area (Å²) >= 11 is 6.92. The molecule has 0 saturated heterocycles. The van der Waals surface area contributed by atoms with Crippen molar-refractivity contribution in [3.8, 4) is 11.5 Å². The summed E-state index contributed by atoms with van der Waals surface area (Å²) in [5.74, 6) is 2.09. The molecule has 0 amide bonds. The van der Waals surface area contributed by atoms with Crippen molar-refractivity contribution in [1.82, 2.24) is 8.75 Å². The molecular weight excluding hydrogens is 274 g/mol. The molecule has 7 heteroatoms. The third-order valence-electron chi connectivity index (χ3n) is 2.39. The van der Waals surface area contributed by atoms with Crippen molar-refractivity contribution in [1.29, 1.82) is 0 Å². The molecule has 1 N–H and O–H groups in total. The minimum atomic E-state index is 0.382. The van der Waals surface area contributed by atoms with Gasteiger partial charge in [-0.2, -0.15) is 8.75 Å². The second-order valence-electron chi connectivity index (χ2n) is 3.43. The van der Waals surface area contributed by atoms with Gasteiger partial charge in [-0.1, -0.05) is 11.6 Å². The van der Waals surface area contributed by atoms with Crippen molar-refractivity contribution in [3.05, 3.63) is 28.9 Å². The maximum Gasteiger partial charge on any atom is 0.186 e. The minimum Gasteiger partial charge on any atom is -0.497 e. The van der Waals surface area contributed by atoms with Gasteiger partial charge in [-0.15, -0.1) is 0 Å². The van der Waals surface area contributed by atoms with Crippen LogP contribution >= 0.6 is 23.3 Å². The molecular formula is C11H12ClN3O2S. The SMILES string of the molecule is COc1ccc(CNc2nsnc2Cl)c(OC)c1. The van der Waals surface area contributed by atoms with E-state index in [1.165, 1.54) is 0 Å². The van der Waals surface area contributed by atoms with Gasteiger partial charge in [0, 0.05) is 18.2 Å². The normalized spacial score (nSPS) is 10.2. The molecule has 0 radical (unpaired) electrons. The fourth-order valence-corrected chi connectivity index (χ4v) is 2.14. The summed E-state index contributed by atoms with van der Waals surface area (Å²) in [6, 6.07) is 5.64. The van der Waals surface area contributed by atoms with E-state index in [-0.39, 0.29) is 0 Å². The lowest BCUT2D eigenvalue weighted by Crippen LogP contribution is -2.02. The van der Waals surface area contributed by atoms with Gasteiger partial charge in [0.15, 0.2) is 11.0 Å². The van der Waals surface area contributed by atoms with E-state index < -0.39 is 0 Å². The molecule has 96 valence electrons. The number of anilines is 1. The number of ether oxygens (including phenoxy) is 2. The molecule has 0 saturated carbocycles. The molecule has 0 aliphatic carbocycles. The maximum atomic E-state index is 5.85. The second-order valence-corrected chi connectivity index (χ2v) is 4.32. The van der Waals surface area contributed by atoms with E-state index in [1.807, 2.05) is 18.2 Å². The molecule has 2 aromatic rings. The van der Waals surface area contributed by atoms with Crippen LogP contribution in [0.3, 0.4) is 0 Å². The number of benzene rings is 1. The van der Waals surface area contributed by atoms with Gasteiger partial charge >= 0.3 is 0 Å². The summed E-state index contributed by atoms with van der Waals surface area (Å²) in [6.07, 6.45) is 0. The van der Waals surface area contributed by atoms with Crippen LogP contribution in [0, 0.1) is 0 Å². The Labute approximate surface area is 114 Å². The Morgan fingerprint density at radius 1 is 1.28 bits per heavy atom. The first-order valence-corrected chi connectivity index (χ1v) is 6.28. The van der Waals surface area contributed by atoms with Crippen LogP contribution in [-0.4, -0.2) is 23.0 Å². The average Bonchev–Trinajstić information content (AvgIpc) is 2.81. The Bertz CT molecular complexity index is 533. The molecule has 0 fully saturated rings. The molecule has 18 heavy (non-hydrogen) atoms. The summed E-state index contributed by atoms with van der Waals surface area (Å²) in [7, 11) is 3.24. The molecule has 0 spiro atoms. The minimum absolute atomic E-state index is 0.382. The Kier molecular flexibility index (Phi) is 4.22. The molecule has 2 rings (SSSR count). The highest BCUT2D eigenvalue weighted by Crippen LogP contribution is 2.26. The third-order valence-corrected chi connectivity index (χ3v) is 3.28. The zero-order valence-electron chi connectivity index (χ0n) is 9.94. The molecule has 0 atom stereocenters. The molecule has 1 heterocycles. The Balaban J connectivity index is 2.11. The van der Waals surface area contributed by atoms with E-state index >= 15 is 0 Å². The summed E-state index contributed by atoms with van der Waals surface area (Å²) in [4.78, 5) is 0. The van der Waals surface area contributed by atoms with E-state index in [4.69, 9.17) is 21.1 Å². The van der Waals surface area contributed by atoms with Gasteiger partial charge in [-0.05, 0) is 12.1 Å². The fourth-order valence-electron chi connectivity index (χ4n) is 1.46. The van der Waals surface area contributed by atoms with Crippen LogP contribution in [0.15, 0.2) is 18.2 Å². The lowest BCUT2D eigenvalue weighted by molar-refractivity contribution is 0.391. The van der Waals surface area contributed by atoms with Crippen molar-refractivity contribution in [2.45, 2.75) is 6.54 Å².